The Labute approximate surface area is 164 Å². The molecule has 1 saturated heterocycles. The third kappa shape index (κ3) is 3.87. The van der Waals surface area contributed by atoms with Crippen LogP contribution in [0, 0.1) is 5.92 Å². The molecule has 2 aromatic heterocycles. The first kappa shape index (κ1) is 18.5. The van der Waals surface area contributed by atoms with Crippen molar-refractivity contribution in [3.05, 3.63) is 65.9 Å². The molecule has 1 aliphatic rings. The van der Waals surface area contributed by atoms with Crippen molar-refractivity contribution in [1.82, 2.24) is 20.3 Å². The van der Waals surface area contributed by atoms with Crippen LogP contribution in [0.5, 0.6) is 0 Å². The molecule has 0 saturated carbocycles. The van der Waals surface area contributed by atoms with Crippen LogP contribution in [0.25, 0.3) is 10.9 Å². The number of para-hydroxylation sites is 1. The number of nitrogens with zero attached hydrogens (tertiary/aromatic N) is 3. The smallest absolute Gasteiger partial charge is 0.254 e. The molecule has 0 radical (unpaired) electrons. The topological polar surface area (TPSA) is 77.0 Å². The Bertz CT molecular complexity index is 966. The van der Waals surface area contributed by atoms with Crippen LogP contribution in [0.3, 0.4) is 0 Å². The average Bonchev–Trinajstić information content (AvgIpc) is 3.15. The van der Waals surface area contributed by atoms with Gasteiger partial charge in [-0.2, -0.15) is 0 Å². The van der Waals surface area contributed by atoms with Gasteiger partial charge >= 0.3 is 0 Å². The second-order valence-corrected chi connectivity index (χ2v) is 7.55. The number of hydrogen-bond donors (Lipinski definition) is 1. The fourth-order valence-corrected chi connectivity index (χ4v) is 3.58. The van der Waals surface area contributed by atoms with E-state index in [0.717, 1.165) is 23.1 Å². The molecule has 1 aliphatic heterocycles. The summed E-state index contributed by atoms with van der Waals surface area (Å²) in [5.41, 5.74) is 2.69. The molecule has 3 aromatic rings. The Balaban J connectivity index is 1.47. The highest BCUT2D eigenvalue weighted by molar-refractivity contribution is 5.93. The minimum Gasteiger partial charge on any atom is -0.379 e. The highest BCUT2D eigenvalue weighted by atomic mass is 16.5. The van der Waals surface area contributed by atoms with Crippen LogP contribution >= 0.6 is 0 Å². The molecule has 0 unspecified atom stereocenters. The minimum atomic E-state index is -0.157. The summed E-state index contributed by atoms with van der Waals surface area (Å²) >= 11 is 0. The van der Waals surface area contributed by atoms with Crippen molar-refractivity contribution < 1.29 is 9.53 Å². The molecule has 1 fully saturated rings. The van der Waals surface area contributed by atoms with Gasteiger partial charge in [0.1, 0.15) is 5.82 Å². The molecule has 4 rings (SSSR count). The van der Waals surface area contributed by atoms with E-state index in [4.69, 9.17) is 4.74 Å². The van der Waals surface area contributed by atoms with Gasteiger partial charge in [0.25, 0.3) is 5.91 Å². The molecule has 28 heavy (non-hydrogen) atoms. The predicted molar refractivity (Wildman–Crippen MR) is 107 cm³/mol. The van der Waals surface area contributed by atoms with E-state index >= 15 is 0 Å². The number of carbonyl (C=O) groups excluding carboxylic acids is 1. The lowest BCUT2D eigenvalue weighted by molar-refractivity contribution is 0.0924. The summed E-state index contributed by atoms with van der Waals surface area (Å²) in [7, 11) is 0. The number of benzene rings is 1. The monoisotopic (exact) mass is 376 g/mol. The van der Waals surface area contributed by atoms with E-state index in [1.54, 1.807) is 12.4 Å². The molecule has 3 heterocycles. The molecule has 1 N–H and O–H groups in total. The molecule has 6 heteroatoms. The van der Waals surface area contributed by atoms with E-state index in [9.17, 15) is 4.79 Å². The van der Waals surface area contributed by atoms with Crippen LogP contribution < -0.4 is 5.32 Å². The first-order chi connectivity index (χ1) is 13.6. The fraction of sp³-hybridized carbons (Fsp3) is 0.364. The van der Waals surface area contributed by atoms with Crippen LogP contribution in [0.4, 0.5) is 0 Å². The minimum absolute atomic E-state index is 0.0378. The third-order valence-corrected chi connectivity index (χ3v) is 5.19. The van der Waals surface area contributed by atoms with Crippen molar-refractivity contribution in [1.29, 1.82) is 0 Å². The van der Waals surface area contributed by atoms with E-state index in [1.807, 2.05) is 38.2 Å². The van der Waals surface area contributed by atoms with Crippen LogP contribution in [0.2, 0.25) is 0 Å². The molecular formula is C22H24N4O2. The standard InChI is InChI=1S/C22H24N4O2/c1-14(2)21-24-10-17(11-25-21)22(27)26-20-13-28-12-16(20)9-15-7-8-23-19-6-4-3-5-18(15)19/h3-8,10-11,14,16,20H,9,12-13H2,1-2H3,(H,26,27)/t16-,20+/m1/s1. The molecule has 2 atom stereocenters. The summed E-state index contributed by atoms with van der Waals surface area (Å²) in [4.78, 5) is 25.6. The molecule has 0 aliphatic carbocycles. The predicted octanol–water partition coefficient (Wildman–Crippen LogP) is 3.14. The number of carbonyl (C=O) groups is 1. The van der Waals surface area contributed by atoms with Crippen LogP contribution in [0.1, 0.15) is 41.5 Å². The molecule has 1 aromatic carbocycles. The quantitative estimate of drug-likeness (QED) is 0.740. The number of amides is 1. The average molecular weight is 376 g/mol. The Morgan fingerprint density at radius 3 is 2.71 bits per heavy atom. The largest absolute Gasteiger partial charge is 0.379 e. The molecule has 0 bridgehead atoms. The number of aromatic nitrogens is 3. The lowest BCUT2D eigenvalue weighted by Gasteiger charge is -2.20. The normalized spacial score (nSPS) is 19.2. The lowest BCUT2D eigenvalue weighted by atomic mass is 9.93. The van der Waals surface area contributed by atoms with Gasteiger partial charge in [0.15, 0.2) is 0 Å². The van der Waals surface area contributed by atoms with Crippen LogP contribution in [-0.4, -0.2) is 40.1 Å². The van der Waals surface area contributed by atoms with Crippen molar-refractivity contribution >= 4 is 16.8 Å². The van der Waals surface area contributed by atoms with Gasteiger partial charge < -0.3 is 10.1 Å². The summed E-state index contributed by atoms with van der Waals surface area (Å²) in [6, 6.07) is 10.1. The number of nitrogens with one attached hydrogen (secondary N) is 1. The summed E-state index contributed by atoms with van der Waals surface area (Å²) in [6.45, 7) is 5.20. The number of ether oxygens (including phenoxy) is 1. The second-order valence-electron chi connectivity index (χ2n) is 7.55. The first-order valence-electron chi connectivity index (χ1n) is 9.65. The molecule has 1 amide bonds. The van der Waals surface area contributed by atoms with Gasteiger partial charge in [0.2, 0.25) is 0 Å². The van der Waals surface area contributed by atoms with E-state index in [1.165, 1.54) is 5.56 Å². The maximum Gasteiger partial charge on any atom is 0.254 e. The van der Waals surface area contributed by atoms with Gasteiger partial charge in [-0.25, -0.2) is 9.97 Å². The SMILES string of the molecule is CC(C)c1ncc(C(=O)N[C@H]2COC[C@H]2Cc2ccnc3ccccc23)cn1. The third-order valence-electron chi connectivity index (χ3n) is 5.19. The maximum absolute atomic E-state index is 12.6. The van der Waals surface area contributed by atoms with Crippen LogP contribution in [-0.2, 0) is 11.2 Å². The highest BCUT2D eigenvalue weighted by Crippen LogP contribution is 2.24. The van der Waals surface area contributed by atoms with Gasteiger partial charge in [-0.3, -0.25) is 9.78 Å². The molecule has 144 valence electrons. The zero-order chi connectivity index (χ0) is 19.5. The van der Waals surface area contributed by atoms with Gasteiger partial charge in [-0.05, 0) is 24.1 Å². The first-order valence-corrected chi connectivity index (χ1v) is 9.65. The Morgan fingerprint density at radius 2 is 1.93 bits per heavy atom. The van der Waals surface area contributed by atoms with Gasteiger partial charge in [-0.15, -0.1) is 0 Å². The Hall–Kier alpha value is -2.86. The second kappa shape index (κ2) is 8.02. The van der Waals surface area contributed by atoms with E-state index in [0.29, 0.717) is 18.8 Å². The zero-order valence-electron chi connectivity index (χ0n) is 16.1. The van der Waals surface area contributed by atoms with Crippen LogP contribution in [0.15, 0.2) is 48.9 Å². The Morgan fingerprint density at radius 1 is 1.14 bits per heavy atom. The van der Waals surface area contributed by atoms with E-state index in [2.05, 4.69) is 32.4 Å². The lowest BCUT2D eigenvalue weighted by Crippen LogP contribution is -2.40. The maximum atomic E-state index is 12.6. The number of pyridine rings is 1. The van der Waals surface area contributed by atoms with Gasteiger partial charge in [0.05, 0.1) is 30.3 Å². The fourth-order valence-electron chi connectivity index (χ4n) is 3.58. The number of rotatable bonds is 5. The summed E-state index contributed by atoms with van der Waals surface area (Å²) in [6.07, 6.45) is 5.86. The molecular weight excluding hydrogens is 352 g/mol. The number of fused-ring (bicyclic) bond motifs is 1. The number of hydrogen-bond acceptors (Lipinski definition) is 5. The zero-order valence-corrected chi connectivity index (χ0v) is 16.1. The Kier molecular flexibility index (Phi) is 5.30. The summed E-state index contributed by atoms with van der Waals surface area (Å²) < 4.78 is 5.68. The van der Waals surface area contributed by atoms with Gasteiger partial charge in [-0.1, -0.05) is 32.0 Å². The van der Waals surface area contributed by atoms with E-state index < -0.39 is 0 Å². The van der Waals surface area contributed by atoms with Crippen molar-refractivity contribution in [2.24, 2.45) is 5.92 Å². The summed E-state index contributed by atoms with van der Waals surface area (Å²) in [5, 5.41) is 4.26. The van der Waals surface area contributed by atoms with Gasteiger partial charge in [0, 0.05) is 35.8 Å². The molecule has 6 nitrogen and oxygen atoms in total. The van der Waals surface area contributed by atoms with Crippen molar-refractivity contribution in [2.75, 3.05) is 13.2 Å². The molecule has 0 spiro atoms. The van der Waals surface area contributed by atoms with Crippen molar-refractivity contribution in [3.8, 4) is 0 Å². The van der Waals surface area contributed by atoms with Crippen molar-refractivity contribution in [3.63, 3.8) is 0 Å². The van der Waals surface area contributed by atoms with Crippen molar-refractivity contribution in [2.45, 2.75) is 32.2 Å². The van der Waals surface area contributed by atoms with E-state index in [-0.39, 0.29) is 23.8 Å². The highest BCUT2D eigenvalue weighted by Gasteiger charge is 2.30. The summed E-state index contributed by atoms with van der Waals surface area (Å²) in [5.74, 6) is 1.03.